The minimum absolute atomic E-state index is 0.426. The van der Waals surface area contributed by atoms with Crippen LogP contribution in [-0.2, 0) is 0 Å². The summed E-state index contributed by atoms with van der Waals surface area (Å²) in [6, 6.07) is 11.3. The minimum Gasteiger partial charge on any atom is -0.497 e. The molecule has 0 spiro atoms. The van der Waals surface area contributed by atoms with Gasteiger partial charge in [-0.2, -0.15) is 0 Å². The number of methoxy groups -OCH3 is 1. The highest BCUT2D eigenvalue weighted by atomic mass is 32.2. The zero-order chi connectivity index (χ0) is 11.4. The molecule has 16 heavy (non-hydrogen) atoms. The van der Waals surface area contributed by atoms with Crippen molar-refractivity contribution in [1.29, 1.82) is 0 Å². The number of nitrogens with two attached hydrogens (primary N) is 1. The first-order valence-corrected chi connectivity index (χ1v) is 5.51. The summed E-state index contributed by atoms with van der Waals surface area (Å²) in [5.41, 5.74) is 5.46. The molecule has 0 aliphatic rings. The molecule has 1 heterocycles. The predicted octanol–water partition coefficient (Wildman–Crippen LogP) is 2.22. The summed E-state index contributed by atoms with van der Waals surface area (Å²) in [4.78, 5) is 1.05. The molecule has 1 aromatic heterocycles. The van der Waals surface area contributed by atoms with E-state index < -0.39 is 0 Å². The van der Waals surface area contributed by atoms with Crippen LogP contribution >= 0.6 is 11.8 Å². The smallest absolute Gasteiger partial charge is 0.146 e. The van der Waals surface area contributed by atoms with Crippen LogP contribution in [0, 0.1) is 0 Å². The van der Waals surface area contributed by atoms with Crippen molar-refractivity contribution in [3.63, 3.8) is 0 Å². The molecule has 82 valence electrons. The number of hydrogen-bond acceptors (Lipinski definition) is 5. The number of nitrogen functional groups attached to an aromatic ring is 1. The number of anilines is 1. The quantitative estimate of drug-likeness (QED) is 0.880. The molecule has 0 fully saturated rings. The molecule has 0 saturated carbocycles. The van der Waals surface area contributed by atoms with Crippen LogP contribution < -0.4 is 10.5 Å². The van der Waals surface area contributed by atoms with E-state index in [9.17, 15) is 0 Å². The van der Waals surface area contributed by atoms with Crippen LogP contribution in [0.4, 0.5) is 5.82 Å². The fourth-order valence-electron chi connectivity index (χ4n) is 1.17. The van der Waals surface area contributed by atoms with E-state index in [1.165, 1.54) is 11.8 Å². The third kappa shape index (κ3) is 2.64. The Morgan fingerprint density at radius 3 is 2.75 bits per heavy atom. The van der Waals surface area contributed by atoms with Crippen molar-refractivity contribution in [2.24, 2.45) is 0 Å². The Balaban J connectivity index is 2.16. The van der Waals surface area contributed by atoms with Crippen LogP contribution in [0.5, 0.6) is 5.75 Å². The first-order valence-electron chi connectivity index (χ1n) is 4.69. The molecule has 0 amide bonds. The molecule has 0 unspecified atom stereocenters. The van der Waals surface area contributed by atoms with Gasteiger partial charge in [0, 0.05) is 4.90 Å². The Hall–Kier alpha value is -1.75. The van der Waals surface area contributed by atoms with E-state index >= 15 is 0 Å². The lowest BCUT2D eigenvalue weighted by Gasteiger charge is -2.03. The summed E-state index contributed by atoms with van der Waals surface area (Å²) in [5, 5.41) is 8.58. The molecule has 4 nitrogen and oxygen atoms in total. The van der Waals surface area contributed by atoms with Gasteiger partial charge in [0.1, 0.15) is 16.6 Å². The summed E-state index contributed by atoms with van der Waals surface area (Å²) >= 11 is 1.52. The lowest BCUT2D eigenvalue weighted by Crippen LogP contribution is -1.92. The average molecular weight is 233 g/mol. The number of ether oxygens (including phenoxy) is 1. The third-order valence-electron chi connectivity index (χ3n) is 1.92. The molecule has 2 rings (SSSR count). The Labute approximate surface area is 97.8 Å². The minimum atomic E-state index is 0.426. The largest absolute Gasteiger partial charge is 0.497 e. The van der Waals surface area contributed by atoms with Gasteiger partial charge in [0.25, 0.3) is 0 Å². The molecule has 0 radical (unpaired) electrons. The molecule has 0 atom stereocenters. The van der Waals surface area contributed by atoms with Crippen molar-refractivity contribution < 1.29 is 4.74 Å². The lowest BCUT2D eigenvalue weighted by atomic mass is 10.3. The maximum absolute atomic E-state index is 5.46. The van der Waals surface area contributed by atoms with E-state index in [-0.39, 0.29) is 0 Å². The Kier molecular flexibility index (Phi) is 3.26. The number of rotatable bonds is 3. The standard InChI is InChI=1S/C11H11N3OS/c1-15-8-3-2-4-9(7-8)16-11-6-5-10(12)13-14-11/h2-7H,1H3,(H2,12,13). The molecular weight excluding hydrogens is 222 g/mol. The van der Waals surface area contributed by atoms with Gasteiger partial charge in [0.05, 0.1) is 7.11 Å². The van der Waals surface area contributed by atoms with Crippen LogP contribution in [0.1, 0.15) is 0 Å². The number of nitrogens with zero attached hydrogens (tertiary/aromatic N) is 2. The molecular formula is C11H11N3OS. The zero-order valence-corrected chi connectivity index (χ0v) is 9.57. The highest BCUT2D eigenvalue weighted by Gasteiger charge is 2.00. The first kappa shape index (κ1) is 10.8. The van der Waals surface area contributed by atoms with Crippen LogP contribution in [0.15, 0.2) is 46.3 Å². The maximum atomic E-state index is 5.46. The van der Waals surface area contributed by atoms with Crippen LogP contribution in [-0.4, -0.2) is 17.3 Å². The second kappa shape index (κ2) is 4.85. The molecule has 1 aromatic carbocycles. The molecule has 2 aromatic rings. The second-order valence-corrected chi connectivity index (χ2v) is 4.17. The SMILES string of the molecule is COc1cccc(Sc2ccc(N)nn2)c1. The molecule has 0 bridgehead atoms. The molecule has 2 N–H and O–H groups in total. The number of benzene rings is 1. The molecule has 0 aliphatic heterocycles. The fraction of sp³-hybridized carbons (Fsp3) is 0.0909. The van der Waals surface area contributed by atoms with Crippen LogP contribution in [0.2, 0.25) is 0 Å². The first-order chi connectivity index (χ1) is 7.78. The van der Waals surface area contributed by atoms with Crippen LogP contribution in [0.3, 0.4) is 0 Å². The highest BCUT2D eigenvalue weighted by Crippen LogP contribution is 2.28. The maximum Gasteiger partial charge on any atom is 0.146 e. The van der Waals surface area contributed by atoms with Gasteiger partial charge in [0.2, 0.25) is 0 Å². The Morgan fingerprint density at radius 1 is 1.19 bits per heavy atom. The Bertz CT molecular complexity index is 473. The predicted molar refractivity (Wildman–Crippen MR) is 63.6 cm³/mol. The zero-order valence-electron chi connectivity index (χ0n) is 8.75. The van der Waals surface area contributed by atoms with E-state index in [1.54, 1.807) is 13.2 Å². The van der Waals surface area contributed by atoms with Gasteiger partial charge in [-0.05, 0) is 30.3 Å². The van der Waals surface area contributed by atoms with Crippen LogP contribution in [0.25, 0.3) is 0 Å². The van der Waals surface area contributed by atoms with Gasteiger partial charge < -0.3 is 10.5 Å². The summed E-state index contributed by atoms with van der Waals surface area (Å²) in [6.45, 7) is 0. The third-order valence-corrected chi connectivity index (χ3v) is 2.84. The Morgan fingerprint density at radius 2 is 2.06 bits per heavy atom. The van der Waals surface area contributed by atoms with E-state index in [0.717, 1.165) is 15.7 Å². The summed E-state index contributed by atoms with van der Waals surface area (Å²) in [7, 11) is 1.65. The lowest BCUT2D eigenvalue weighted by molar-refractivity contribution is 0.413. The van der Waals surface area contributed by atoms with Crippen molar-refractivity contribution in [2.75, 3.05) is 12.8 Å². The van der Waals surface area contributed by atoms with Crippen molar-refractivity contribution in [3.8, 4) is 5.75 Å². The number of aromatic nitrogens is 2. The summed E-state index contributed by atoms with van der Waals surface area (Å²) < 4.78 is 5.14. The monoisotopic (exact) mass is 233 g/mol. The normalized spacial score (nSPS) is 10.1. The topological polar surface area (TPSA) is 61.0 Å². The highest BCUT2D eigenvalue weighted by molar-refractivity contribution is 7.99. The van der Waals surface area contributed by atoms with Crippen molar-refractivity contribution in [3.05, 3.63) is 36.4 Å². The van der Waals surface area contributed by atoms with Crippen molar-refractivity contribution in [2.45, 2.75) is 9.92 Å². The van der Waals surface area contributed by atoms with E-state index in [1.807, 2.05) is 30.3 Å². The van der Waals surface area contributed by atoms with Gasteiger partial charge >= 0.3 is 0 Å². The van der Waals surface area contributed by atoms with Gasteiger partial charge in [0.15, 0.2) is 0 Å². The molecule has 5 heteroatoms. The van der Waals surface area contributed by atoms with Gasteiger partial charge in [-0.25, -0.2) is 0 Å². The van der Waals surface area contributed by atoms with Gasteiger partial charge in [-0.3, -0.25) is 0 Å². The average Bonchev–Trinajstić information content (AvgIpc) is 2.32. The summed E-state index contributed by atoms with van der Waals surface area (Å²) in [5.74, 6) is 1.25. The molecule has 0 saturated heterocycles. The summed E-state index contributed by atoms with van der Waals surface area (Å²) in [6.07, 6.45) is 0. The van der Waals surface area contributed by atoms with Gasteiger partial charge in [-0.1, -0.05) is 17.8 Å². The van der Waals surface area contributed by atoms with Crippen molar-refractivity contribution >= 4 is 17.6 Å². The van der Waals surface area contributed by atoms with Gasteiger partial charge in [-0.15, -0.1) is 10.2 Å². The fourth-order valence-corrected chi connectivity index (χ4v) is 1.95. The van der Waals surface area contributed by atoms with E-state index in [4.69, 9.17) is 10.5 Å². The number of hydrogen-bond donors (Lipinski definition) is 1. The van der Waals surface area contributed by atoms with E-state index in [0.29, 0.717) is 5.82 Å². The van der Waals surface area contributed by atoms with E-state index in [2.05, 4.69) is 10.2 Å². The molecule has 0 aliphatic carbocycles. The van der Waals surface area contributed by atoms with Crippen molar-refractivity contribution in [1.82, 2.24) is 10.2 Å². The second-order valence-electron chi connectivity index (χ2n) is 3.08.